The van der Waals surface area contributed by atoms with Crippen LogP contribution in [0.15, 0.2) is 9.98 Å². The number of nitrogens with one attached hydrogen (secondary N) is 2. The molecule has 0 fully saturated rings. The van der Waals surface area contributed by atoms with E-state index in [2.05, 4.69) is 27.5 Å². The van der Waals surface area contributed by atoms with Crippen molar-refractivity contribution in [2.75, 3.05) is 21.1 Å². The highest BCUT2D eigenvalue weighted by Crippen LogP contribution is 1.98. The lowest BCUT2D eigenvalue weighted by atomic mass is 10.3. The van der Waals surface area contributed by atoms with Gasteiger partial charge in [-0.05, 0) is 6.42 Å². The molecule has 1 unspecified atom stereocenters. The van der Waals surface area contributed by atoms with Crippen LogP contribution in [0.5, 0.6) is 0 Å². The Bertz CT molecular complexity index is 231. The van der Waals surface area contributed by atoms with Crippen LogP contribution in [0.2, 0.25) is 0 Å². The van der Waals surface area contributed by atoms with Crippen LogP contribution in [-0.4, -0.2) is 44.1 Å². The molecule has 0 radical (unpaired) electrons. The molecule has 5 nitrogen and oxygen atoms in total. The SMILES string of the molecule is CCC1N=C(N(C)C)NC(=NC)N1. The summed E-state index contributed by atoms with van der Waals surface area (Å²) in [5.74, 6) is 1.64. The summed E-state index contributed by atoms with van der Waals surface area (Å²) in [6.07, 6.45) is 1.09. The molecule has 0 aromatic carbocycles. The smallest absolute Gasteiger partial charge is 0.202 e. The molecule has 0 aromatic rings. The van der Waals surface area contributed by atoms with Crippen molar-refractivity contribution in [2.24, 2.45) is 9.98 Å². The summed E-state index contributed by atoms with van der Waals surface area (Å²) in [6, 6.07) is 0. The van der Waals surface area contributed by atoms with Gasteiger partial charge in [0.25, 0.3) is 0 Å². The second kappa shape index (κ2) is 4.11. The van der Waals surface area contributed by atoms with Crippen LogP contribution in [0, 0.1) is 0 Å². The van der Waals surface area contributed by atoms with Crippen molar-refractivity contribution >= 4 is 11.9 Å². The van der Waals surface area contributed by atoms with E-state index in [1.54, 1.807) is 7.05 Å². The maximum atomic E-state index is 4.44. The van der Waals surface area contributed by atoms with Crippen molar-refractivity contribution in [3.05, 3.63) is 0 Å². The van der Waals surface area contributed by atoms with Crippen LogP contribution in [-0.2, 0) is 0 Å². The molecule has 1 atom stereocenters. The second-order valence-electron chi connectivity index (χ2n) is 3.11. The lowest BCUT2D eigenvalue weighted by Crippen LogP contribution is -2.54. The van der Waals surface area contributed by atoms with Crippen molar-refractivity contribution in [3.8, 4) is 0 Å². The van der Waals surface area contributed by atoms with Gasteiger partial charge in [-0.2, -0.15) is 0 Å². The van der Waals surface area contributed by atoms with E-state index < -0.39 is 0 Å². The first-order valence-electron chi connectivity index (χ1n) is 4.42. The zero-order valence-corrected chi connectivity index (χ0v) is 8.63. The number of nitrogens with zero attached hydrogens (tertiary/aromatic N) is 3. The van der Waals surface area contributed by atoms with Crippen LogP contribution >= 0.6 is 0 Å². The summed E-state index contributed by atoms with van der Waals surface area (Å²) in [4.78, 5) is 10.4. The summed E-state index contributed by atoms with van der Waals surface area (Å²) in [7, 11) is 5.66. The first-order chi connectivity index (χ1) is 6.17. The van der Waals surface area contributed by atoms with E-state index >= 15 is 0 Å². The van der Waals surface area contributed by atoms with Gasteiger partial charge in [0, 0.05) is 21.1 Å². The number of hydrogen-bond acceptors (Lipinski definition) is 3. The predicted octanol–water partition coefficient (Wildman–Crippen LogP) is -0.181. The Balaban J connectivity index is 2.78. The first kappa shape index (κ1) is 9.83. The van der Waals surface area contributed by atoms with Crippen LogP contribution in [0.1, 0.15) is 13.3 Å². The molecule has 0 bridgehead atoms. The molecule has 1 rings (SSSR count). The number of guanidine groups is 2. The maximum absolute atomic E-state index is 4.44. The third-order valence-electron chi connectivity index (χ3n) is 1.85. The minimum atomic E-state index is 0.136. The van der Waals surface area contributed by atoms with E-state index in [1.165, 1.54) is 0 Å². The normalized spacial score (nSPS) is 24.8. The van der Waals surface area contributed by atoms with Crippen molar-refractivity contribution in [2.45, 2.75) is 19.5 Å². The average molecular weight is 183 g/mol. The molecule has 1 aliphatic heterocycles. The molecular formula is C8H17N5. The van der Waals surface area contributed by atoms with E-state index in [1.807, 2.05) is 19.0 Å². The number of hydrogen-bond donors (Lipinski definition) is 2. The Hall–Kier alpha value is -1.26. The Morgan fingerprint density at radius 2 is 2.23 bits per heavy atom. The largest absolute Gasteiger partial charge is 0.349 e. The van der Waals surface area contributed by atoms with Crippen LogP contribution in [0.25, 0.3) is 0 Å². The van der Waals surface area contributed by atoms with Crippen LogP contribution < -0.4 is 10.6 Å². The van der Waals surface area contributed by atoms with Gasteiger partial charge in [0.05, 0.1) is 0 Å². The fourth-order valence-corrected chi connectivity index (χ4v) is 1.05. The highest BCUT2D eigenvalue weighted by molar-refractivity contribution is 6.00. The first-order valence-corrected chi connectivity index (χ1v) is 4.42. The van der Waals surface area contributed by atoms with E-state index in [0.717, 1.165) is 18.3 Å². The van der Waals surface area contributed by atoms with Gasteiger partial charge in [0.2, 0.25) is 5.96 Å². The monoisotopic (exact) mass is 183 g/mol. The molecule has 0 saturated heterocycles. The predicted molar refractivity (Wildman–Crippen MR) is 54.8 cm³/mol. The third-order valence-corrected chi connectivity index (χ3v) is 1.85. The Labute approximate surface area is 78.9 Å². The summed E-state index contributed by atoms with van der Waals surface area (Å²) in [5.41, 5.74) is 0. The molecule has 1 aliphatic rings. The van der Waals surface area contributed by atoms with Gasteiger partial charge in [0.15, 0.2) is 5.96 Å². The molecule has 0 aliphatic carbocycles. The molecule has 0 saturated carbocycles. The summed E-state index contributed by atoms with van der Waals surface area (Å²) in [5, 5.41) is 6.24. The van der Waals surface area contributed by atoms with Crippen molar-refractivity contribution < 1.29 is 0 Å². The topological polar surface area (TPSA) is 52.0 Å². The molecule has 1 heterocycles. The Morgan fingerprint density at radius 1 is 1.54 bits per heavy atom. The van der Waals surface area contributed by atoms with Crippen LogP contribution in [0.3, 0.4) is 0 Å². The second-order valence-corrected chi connectivity index (χ2v) is 3.11. The molecule has 5 heteroatoms. The molecule has 0 amide bonds. The zero-order chi connectivity index (χ0) is 9.84. The summed E-state index contributed by atoms with van der Waals surface area (Å²) < 4.78 is 0. The fraction of sp³-hybridized carbons (Fsp3) is 0.750. The van der Waals surface area contributed by atoms with Gasteiger partial charge in [0.1, 0.15) is 6.17 Å². The van der Waals surface area contributed by atoms with Crippen molar-refractivity contribution in [1.82, 2.24) is 15.5 Å². The van der Waals surface area contributed by atoms with E-state index in [4.69, 9.17) is 0 Å². The Kier molecular flexibility index (Phi) is 3.11. The van der Waals surface area contributed by atoms with E-state index in [-0.39, 0.29) is 6.17 Å². The summed E-state index contributed by atoms with van der Waals surface area (Å²) in [6.45, 7) is 2.09. The van der Waals surface area contributed by atoms with Gasteiger partial charge in [-0.1, -0.05) is 6.92 Å². The standard InChI is InChI=1S/C8H17N5/c1-5-6-10-7(9-2)12-8(11-6)13(3)4/h6H,5H2,1-4H3,(H2,9,10,11,12). The molecule has 0 spiro atoms. The maximum Gasteiger partial charge on any atom is 0.202 e. The van der Waals surface area contributed by atoms with Gasteiger partial charge < -0.3 is 10.2 Å². The highest BCUT2D eigenvalue weighted by atomic mass is 15.4. The molecule has 13 heavy (non-hydrogen) atoms. The van der Waals surface area contributed by atoms with Gasteiger partial charge in [-0.25, -0.2) is 4.99 Å². The quantitative estimate of drug-likeness (QED) is 0.593. The van der Waals surface area contributed by atoms with Gasteiger partial charge in [-0.15, -0.1) is 0 Å². The lowest BCUT2D eigenvalue weighted by Gasteiger charge is -2.27. The van der Waals surface area contributed by atoms with Crippen molar-refractivity contribution in [3.63, 3.8) is 0 Å². The lowest BCUT2D eigenvalue weighted by molar-refractivity contribution is 0.534. The van der Waals surface area contributed by atoms with Gasteiger partial charge >= 0.3 is 0 Å². The van der Waals surface area contributed by atoms with E-state index in [9.17, 15) is 0 Å². The van der Waals surface area contributed by atoms with E-state index in [0.29, 0.717) is 0 Å². The highest BCUT2D eigenvalue weighted by Gasteiger charge is 2.16. The number of rotatable bonds is 1. The molecular weight excluding hydrogens is 166 g/mol. The zero-order valence-electron chi connectivity index (χ0n) is 8.63. The van der Waals surface area contributed by atoms with Crippen LogP contribution in [0.4, 0.5) is 0 Å². The Morgan fingerprint density at radius 3 is 2.69 bits per heavy atom. The molecule has 0 aromatic heterocycles. The third kappa shape index (κ3) is 2.34. The minimum Gasteiger partial charge on any atom is -0.349 e. The molecule has 2 N–H and O–H groups in total. The van der Waals surface area contributed by atoms with Crippen molar-refractivity contribution in [1.29, 1.82) is 0 Å². The van der Waals surface area contributed by atoms with Gasteiger partial charge in [-0.3, -0.25) is 10.3 Å². The summed E-state index contributed by atoms with van der Waals surface area (Å²) >= 11 is 0. The average Bonchev–Trinajstić information content (AvgIpc) is 2.16. The number of aliphatic imine (C=N–C) groups is 2. The fourth-order valence-electron chi connectivity index (χ4n) is 1.05. The minimum absolute atomic E-state index is 0.136. The molecule has 74 valence electrons.